The Bertz CT molecular complexity index is 514. The van der Waals surface area contributed by atoms with Gasteiger partial charge in [-0.15, -0.1) is 0 Å². The summed E-state index contributed by atoms with van der Waals surface area (Å²) >= 11 is 1.76. The van der Waals surface area contributed by atoms with E-state index in [0.717, 1.165) is 11.5 Å². The maximum atomic E-state index is 5.97. The molecule has 2 aliphatic heterocycles. The van der Waals surface area contributed by atoms with Crippen molar-refractivity contribution in [2.24, 2.45) is 0 Å². The molecule has 0 unspecified atom stereocenters. The van der Waals surface area contributed by atoms with Gasteiger partial charge >= 0.3 is 0 Å². The molecule has 0 aromatic heterocycles. The minimum absolute atomic E-state index is 0.0583. The molecule has 3 heteroatoms. The monoisotopic (exact) mass is 262 g/mol. The Labute approximate surface area is 112 Å². The lowest BCUT2D eigenvalue weighted by atomic mass is 9.87. The number of fused-ring (bicyclic) bond motifs is 2. The fourth-order valence-corrected chi connectivity index (χ4v) is 3.36. The van der Waals surface area contributed by atoms with Gasteiger partial charge in [0.2, 0.25) is 0 Å². The Kier molecular flexibility index (Phi) is 2.63. The number of allylic oxidation sites excluding steroid dienone is 1. The van der Waals surface area contributed by atoms with Gasteiger partial charge in [0.15, 0.2) is 11.5 Å². The van der Waals surface area contributed by atoms with Gasteiger partial charge in [-0.05, 0) is 36.1 Å². The maximum absolute atomic E-state index is 5.97. The van der Waals surface area contributed by atoms with Gasteiger partial charge in [-0.1, -0.05) is 38.6 Å². The summed E-state index contributed by atoms with van der Waals surface area (Å²) in [6.07, 6.45) is 2.11. The second-order valence-corrected chi connectivity index (χ2v) is 7.02. The minimum Gasteiger partial charge on any atom is -0.480 e. The van der Waals surface area contributed by atoms with Gasteiger partial charge in [0.1, 0.15) is 5.75 Å². The summed E-state index contributed by atoms with van der Waals surface area (Å²) in [6, 6.07) is 6.47. The number of hydrogen-bond donors (Lipinski definition) is 0. The van der Waals surface area contributed by atoms with E-state index in [9.17, 15) is 0 Å². The van der Waals surface area contributed by atoms with Crippen molar-refractivity contribution in [2.75, 3.05) is 0 Å². The van der Waals surface area contributed by atoms with Gasteiger partial charge in [0, 0.05) is 0 Å². The molecule has 3 rings (SSSR count). The molecule has 2 nitrogen and oxygen atoms in total. The van der Waals surface area contributed by atoms with Crippen LogP contribution >= 0.6 is 11.8 Å². The molecule has 0 radical (unpaired) electrons. The summed E-state index contributed by atoms with van der Waals surface area (Å²) in [4.78, 5) is 1.19. The van der Waals surface area contributed by atoms with Crippen LogP contribution in [0, 0.1) is 0 Å². The molecule has 0 fully saturated rings. The highest BCUT2D eigenvalue weighted by Gasteiger charge is 2.35. The molecular weight excluding hydrogens is 244 g/mol. The molecule has 2 atom stereocenters. The smallest absolute Gasteiger partial charge is 0.189 e. The molecule has 0 spiro atoms. The second kappa shape index (κ2) is 3.95. The van der Waals surface area contributed by atoms with E-state index in [1.165, 1.54) is 10.5 Å². The Hall–Kier alpha value is -1.09. The van der Waals surface area contributed by atoms with Crippen LogP contribution in [0.3, 0.4) is 0 Å². The van der Waals surface area contributed by atoms with Crippen molar-refractivity contribution in [2.45, 2.75) is 49.5 Å². The van der Waals surface area contributed by atoms with Gasteiger partial charge in [0.05, 0.1) is 10.7 Å². The molecule has 0 saturated heterocycles. The van der Waals surface area contributed by atoms with Crippen molar-refractivity contribution < 1.29 is 9.47 Å². The van der Waals surface area contributed by atoms with E-state index in [1.807, 2.05) is 6.92 Å². The van der Waals surface area contributed by atoms with E-state index >= 15 is 0 Å². The zero-order valence-electron chi connectivity index (χ0n) is 11.2. The van der Waals surface area contributed by atoms with Crippen molar-refractivity contribution in [1.82, 2.24) is 0 Å². The summed E-state index contributed by atoms with van der Waals surface area (Å²) in [5.74, 6) is 1.94. The Morgan fingerprint density at radius 3 is 2.67 bits per heavy atom. The first-order valence-corrected chi connectivity index (χ1v) is 7.14. The van der Waals surface area contributed by atoms with Crippen LogP contribution < -0.4 is 4.74 Å². The second-order valence-electron chi connectivity index (χ2n) is 5.88. The summed E-state index contributed by atoms with van der Waals surface area (Å²) in [5.41, 5.74) is 1.57. The minimum atomic E-state index is 0.0583. The number of thioether (sulfide) groups is 1. The van der Waals surface area contributed by atoms with Gasteiger partial charge in [-0.2, -0.15) is 0 Å². The molecule has 0 aliphatic carbocycles. The Morgan fingerprint density at radius 1 is 1.17 bits per heavy atom. The highest BCUT2D eigenvalue weighted by Crippen LogP contribution is 2.45. The van der Waals surface area contributed by atoms with Crippen LogP contribution in [-0.4, -0.2) is 11.5 Å². The Balaban J connectivity index is 1.93. The van der Waals surface area contributed by atoms with Gasteiger partial charge in [0.25, 0.3) is 0 Å². The van der Waals surface area contributed by atoms with Crippen LogP contribution in [0.15, 0.2) is 34.9 Å². The SMILES string of the molecule is CC1=C[C@H]2Oc3ccc(C(C)(C)C)cc3S[C@H]2O1. The standard InChI is InChI=1S/C15H18O2S/c1-9-7-12-14(16-9)18-13-8-10(15(2,3)4)5-6-11(13)17-12/h5-8,12,14H,1-4H3/t12-,14-/m1/s1. The largest absolute Gasteiger partial charge is 0.480 e. The quantitative estimate of drug-likeness (QED) is 0.701. The number of ether oxygens (including phenoxy) is 2. The fraction of sp³-hybridized carbons (Fsp3) is 0.467. The third kappa shape index (κ3) is 2.01. The van der Waals surface area contributed by atoms with Gasteiger partial charge in [-0.3, -0.25) is 0 Å². The zero-order chi connectivity index (χ0) is 12.9. The van der Waals surface area contributed by atoms with Crippen molar-refractivity contribution in [3.8, 4) is 5.75 Å². The van der Waals surface area contributed by atoms with Crippen LogP contribution in [-0.2, 0) is 10.2 Å². The fourth-order valence-electron chi connectivity index (χ4n) is 2.22. The summed E-state index contributed by atoms with van der Waals surface area (Å²) in [7, 11) is 0. The van der Waals surface area contributed by atoms with Crippen molar-refractivity contribution >= 4 is 11.8 Å². The average molecular weight is 262 g/mol. The van der Waals surface area contributed by atoms with E-state index in [0.29, 0.717) is 0 Å². The molecular formula is C15H18O2S. The molecule has 0 bridgehead atoms. The molecule has 0 amide bonds. The van der Waals surface area contributed by atoms with E-state index in [2.05, 4.69) is 45.0 Å². The zero-order valence-corrected chi connectivity index (χ0v) is 12.0. The topological polar surface area (TPSA) is 18.5 Å². The van der Waals surface area contributed by atoms with Crippen molar-refractivity contribution in [3.63, 3.8) is 0 Å². The van der Waals surface area contributed by atoms with E-state index in [4.69, 9.17) is 9.47 Å². The first-order valence-electron chi connectivity index (χ1n) is 6.26. The lowest BCUT2D eigenvalue weighted by Crippen LogP contribution is -2.28. The maximum Gasteiger partial charge on any atom is 0.189 e. The highest BCUT2D eigenvalue weighted by molar-refractivity contribution is 8.00. The first kappa shape index (κ1) is 12.0. The molecule has 0 saturated carbocycles. The van der Waals surface area contributed by atoms with Crippen molar-refractivity contribution in [3.05, 3.63) is 35.6 Å². The van der Waals surface area contributed by atoms with Crippen LogP contribution in [0.2, 0.25) is 0 Å². The van der Waals surface area contributed by atoms with Crippen LogP contribution in [0.5, 0.6) is 5.75 Å². The first-order chi connectivity index (χ1) is 8.43. The molecule has 2 heterocycles. The van der Waals surface area contributed by atoms with Crippen LogP contribution in [0.4, 0.5) is 0 Å². The van der Waals surface area contributed by atoms with Gasteiger partial charge in [-0.25, -0.2) is 0 Å². The molecule has 96 valence electrons. The summed E-state index contributed by atoms with van der Waals surface area (Å²) in [5, 5.41) is 0. The normalized spacial score (nSPS) is 25.7. The van der Waals surface area contributed by atoms with E-state index in [1.54, 1.807) is 11.8 Å². The molecule has 0 N–H and O–H groups in total. The predicted octanol–water partition coefficient (Wildman–Crippen LogP) is 4.10. The van der Waals surface area contributed by atoms with Gasteiger partial charge < -0.3 is 9.47 Å². The highest BCUT2D eigenvalue weighted by atomic mass is 32.2. The van der Waals surface area contributed by atoms with Crippen molar-refractivity contribution in [1.29, 1.82) is 0 Å². The number of rotatable bonds is 0. The Morgan fingerprint density at radius 2 is 1.94 bits per heavy atom. The molecule has 1 aromatic rings. The summed E-state index contributed by atoms with van der Waals surface area (Å²) in [6.45, 7) is 8.66. The van der Waals surface area contributed by atoms with E-state index < -0.39 is 0 Å². The third-order valence-electron chi connectivity index (χ3n) is 3.29. The average Bonchev–Trinajstić information content (AvgIpc) is 2.62. The molecule has 1 aromatic carbocycles. The molecule has 18 heavy (non-hydrogen) atoms. The van der Waals surface area contributed by atoms with Crippen LogP contribution in [0.25, 0.3) is 0 Å². The lowest BCUT2D eigenvalue weighted by molar-refractivity contribution is 0.118. The summed E-state index contributed by atoms with van der Waals surface area (Å²) < 4.78 is 11.7. The number of benzene rings is 1. The number of hydrogen-bond acceptors (Lipinski definition) is 3. The molecule has 2 aliphatic rings. The van der Waals surface area contributed by atoms with E-state index in [-0.39, 0.29) is 17.0 Å². The van der Waals surface area contributed by atoms with Crippen LogP contribution in [0.1, 0.15) is 33.3 Å². The third-order valence-corrected chi connectivity index (χ3v) is 4.45. The lowest BCUT2D eigenvalue weighted by Gasteiger charge is -2.29. The predicted molar refractivity (Wildman–Crippen MR) is 74.0 cm³/mol.